The quantitative estimate of drug-likeness (QED) is 0.699. The van der Waals surface area contributed by atoms with Crippen LogP contribution in [0.1, 0.15) is 23.8 Å². The van der Waals surface area contributed by atoms with E-state index in [9.17, 15) is 4.21 Å². The summed E-state index contributed by atoms with van der Waals surface area (Å²) in [7, 11) is -0.884. The van der Waals surface area contributed by atoms with Gasteiger partial charge in [-0.3, -0.25) is 4.21 Å². The highest BCUT2D eigenvalue weighted by atomic mass is 32.2. The van der Waals surface area contributed by atoms with Crippen molar-refractivity contribution in [1.29, 1.82) is 0 Å². The number of aryl methyl sites for hydroxylation is 2. The third-order valence-corrected chi connectivity index (χ3v) is 4.90. The number of aromatic nitrogens is 2. The minimum atomic E-state index is -0.884. The van der Waals surface area contributed by atoms with E-state index in [2.05, 4.69) is 34.5 Å². The summed E-state index contributed by atoms with van der Waals surface area (Å²) in [5.74, 6) is 2.43. The molecule has 0 aliphatic heterocycles. The second kappa shape index (κ2) is 6.83. The maximum Gasteiger partial charge on any atom is 0.216 e. The molecule has 0 unspecified atom stereocenters. The monoisotopic (exact) mass is 314 g/mol. The van der Waals surface area contributed by atoms with Crippen molar-refractivity contribution >= 4 is 21.6 Å². The molecule has 0 fully saturated rings. The molecule has 0 aliphatic carbocycles. The third-order valence-electron chi connectivity index (χ3n) is 3.53. The lowest BCUT2D eigenvalue weighted by Crippen LogP contribution is -2.03. The molecule has 3 aromatic rings. The summed E-state index contributed by atoms with van der Waals surface area (Å²) in [5.41, 5.74) is 1.14. The minimum absolute atomic E-state index is 0.576. The summed E-state index contributed by atoms with van der Waals surface area (Å²) < 4.78 is 17.6. The van der Waals surface area contributed by atoms with E-state index in [0.29, 0.717) is 29.7 Å². The first-order valence-corrected chi connectivity index (χ1v) is 8.82. The van der Waals surface area contributed by atoms with Gasteiger partial charge >= 0.3 is 0 Å². The molecule has 0 saturated heterocycles. The molecule has 0 saturated carbocycles. The molecular formula is C17H18N2O2S. The van der Waals surface area contributed by atoms with E-state index >= 15 is 0 Å². The standard InChI is InChI=1S/C17H18N2O2S/c1-13-18-19-17(21-13)10-5-11-22(20)12-15-8-4-7-14-6-2-3-9-16(14)15/h2-4,6-9H,5,10-12H2,1H3/t22-/m0/s1. The molecule has 1 aromatic heterocycles. The van der Waals surface area contributed by atoms with Crippen molar-refractivity contribution in [1.82, 2.24) is 10.2 Å². The summed E-state index contributed by atoms with van der Waals surface area (Å²) >= 11 is 0. The number of fused-ring (bicyclic) bond motifs is 1. The number of hydrogen-bond donors (Lipinski definition) is 0. The fraction of sp³-hybridized carbons (Fsp3) is 0.294. The molecule has 114 valence electrons. The number of rotatable bonds is 6. The summed E-state index contributed by atoms with van der Waals surface area (Å²) in [5, 5.41) is 10.1. The van der Waals surface area contributed by atoms with Crippen LogP contribution in [-0.2, 0) is 23.0 Å². The average molecular weight is 314 g/mol. The molecule has 0 radical (unpaired) electrons. The molecule has 0 N–H and O–H groups in total. The van der Waals surface area contributed by atoms with Gasteiger partial charge in [-0.1, -0.05) is 42.5 Å². The second-order valence-electron chi connectivity index (χ2n) is 5.24. The van der Waals surface area contributed by atoms with Crippen LogP contribution < -0.4 is 0 Å². The Bertz CT molecular complexity index is 793. The van der Waals surface area contributed by atoms with E-state index in [4.69, 9.17) is 4.42 Å². The lowest BCUT2D eigenvalue weighted by atomic mass is 10.1. The first kappa shape index (κ1) is 14.9. The van der Waals surface area contributed by atoms with E-state index in [-0.39, 0.29) is 0 Å². The first-order valence-electron chi connectivity index (χ1n) is 7.33. The molecule has 1 heterocycles. The Morgan fingerprint density at radius 2 is 1.91 bits per heavy atom. The summed E-state index contributed by atoms with van der Waals surface area (Å²) in [6.07, 6.45) is 1.47. The molecular weight excluding hydrogens is 296 g/mol. The SMILES string of the molecule is Cc1nnc(CCC[S@](=O)Cc2cccc3ccccc23)o1. The molecule has 2 aromatic carbocycles. The van der Waals surface area contributed by atoms with Crippen molar-refractivity contribution in [2.45, 2.75) is 25.5 Å². The van der Waals surface area contributed by atoms with E-state index in [0.717, 1.165) is 12.0 Å². The first-order chi connectivity index (χ1) is 10.7. The Labute approximate surface area is 132 Å². The van der Waals surface area contributed by atoms with Crippen LogP contribution in [0.5, 0.6) is 0 Å². The molecule has 3 rings (SSSR count). The van der Waals surface area contributed by atoms with Crippen LogP contribution in [0.2, 0.25) is 0 Å². The lowest BCUT2D eigenvalue weighted by Gasteiger charge is -2.06. The Morgan fingerprint density at radius 1 is 1.09 bits per heavy atom. The van der Waals surface area contributed by atoms with Crippen LogP contribution in [-0.4, -0.2) is 20.2 Å². The van der Waals surface area contributed by atoms with E-state index in [1.54, 1.807) is 6.92 Å². The van der Waals surface area contributed by atoms with E-state index < -0.39 is 10.8 Å². The van der Waals surface area contributed by atoms with Gasteiger partial charge in [-0.25, -0.2) is 0 Å². The molecule has 1 atom stereocenters. The summed E-state index contributed by atoms with van der Waals surface area (Å²) in [6, 6.07) is 14.4. The summed E-state index contributed by atoms with van der Waals surface area (Å²) in [6.45, 7) is 1.77. The third kappa shape index (κ3) is 3.60. The van der Waals surface area contributed by atoms with E-state index in [1.807, 2.05) is 18.2 Å². The van der Waals surface area contributed by atoms with Gasteiger partial charge in [0.1, 0.15) is 0 Å². The number of hydrogen-bond acceptors (Lipinski definition) is 4. The van der Waals surface area contributed by atoms with Crippen molar-refractivity contribution in [2.75, 3.05) is 5.75 Å². The van der Waals surface area contributed by atoms with Gasteiger partial charge in [-0.2, -0.15) is 0 Å². The summed E-state index contributed by atoms with van der Waals surface area (Å²) in [4.78, 5) is 0. The predicted octanol–water partition coefficient (Wildman–Crippen LogP) is 3.41. The highest BCUT2D eigenvalue weighted by molar-refractivity contribution is 7.84. The van der Waals surface area contributed by atoms with Gasteiger partial charge in [0.2, 0.25) is 11.8 Å². The zero-order valence-electron chi connectivity index (χ0n) is 12.5. The van der Waals surface area contributed by atoms with Crippen molar-refractivity contribution in [3.05, 3.63) is 59.8 Å². The Kier molecular flexibility index (Phi) is 4.63. The van der Waals surface area contributed by atoms with E-state index in [1.165, 1.54) is 10.8 Å². The van der Waals surface area contributed by atoms with Crippen molar-refractivity contribution in [3.8, 4) is 0 Å². The van der Waals surface area contributed by atoms with Crippen LogP contribution in [0, 0.1) is 6.92 Å². The Balaban J connectivity index is 1.59. The molecule has 0 amide bonds. The van der Waals surface area contributed by atoms with Crippen LogP contribution in [0.3, 0.4) is 0 Å². The molecule has 22 heavy (non-hydrogen) atoms. The molecule has 0 aliphatic rings. The van der Waals surface area contributed by atoms with Gasteiger partial charge in [-0.05, 0) is 22.8 Å². The van der Waals surface area contributed by atoms with Crippen LogP contribution in [0.25, 0.3) is 10.8 Å². The van der Waals surface area contributed by atoms with Gasteiger partial charge < -0.3 is 4.42 Å². The van der Waals surface area contributed by atoms with Crippen LogP contribution >= 0.6 is 0 Å². The molecule has 5 heteroatoms. The Morgan fingerprint density at radius 3 is 2.73 bits per heavy atom. The van der Waals surface area contributed by atoms with Gasteiger partial charge in [0.25, 0.3) is 0 Å². The zero-order valence-corrected chi connectivity index (χ0v) is 13.3. The van der Waals surface area contributed by atoms with Crippen molar-refractivity contribution in [2.24, 2.45) is 0 Å². The maximum absolute atomic E-state index is 12.3. The maximum atomic E-state index is 12.3. The molecule has 0 bridgehead atoms. The highest BCUT2D eigenvalue weighted by Gasteiger charge is 2.07. The smallest absolute Gasteiger partial charge is 0.216 e. The van der Waals surface area contributed by atoms with Gasteiger partial charge in [-0.15, -0.1) is 10.2 Å². The second-order valence-corrected chi connectivity index (χ2v) is 6.82. The Hall–Kier alpha value is -2.01. The predicted molar refractivity (Wildman–Crippen MR) is 88.0 cm³/mol. The molecule has 0 spiro atoms. The van der Waals surface area contributed by atoms with Gasteiger partial charge in [0.05, 0.1) is 0 Å². The minimum Gasteiger partial charge on any atom is -0.426 e. The average Bonchev–Trinajstić information content (AvgIpc) is 2.93. The fourth-order valence-electron chi connectivity index (χ4n) is 2.49. The van der Waals surface area contributed by atoms with Crippen LogP contribution in [0.15, 0.2) is 46.9 Å². The fourth-order valence-corrected chi connectivity index (χ4v) is 3.70. The van der Waals surface area contributed by atoms with Gasteiger partial charge in [0, 0.05) is 35.6 Å². The van der Waals surface area contributed by atoms with Crippen molar-refractivity contribution < 1.29 is 8.63 Å². The van der Waals surface area contributed by atoms with Crippen LogP contribution in [0.4, 0.5) is 0 Å². The van der Waals surface area contributed by atoms with Crippen molar-refractivity contribution in [3.63, 3.8) is 0 Å². The highest BCUT2D eigenvalue weighted by Crippen LogP contribution is 2.20. The topological polar surface area (TPSA) is 56.0 Å². The molecule has 4 nitrogen and oxygen atoms in total. The zero-order chi connectivity index (χ0) is 15.4. The lowest BCUT2D eigenvalue weighted by molar-refractivity contribution is 0.465. The number of nitrogens with zero attached hydrogens (tertiary/aromatic N) is 2. The van der Waals surface area contributed by atoms with Gasteiger partial charge in [0.15, 0.2) is 0 Å². The largest absolute Gasteiger partial charge is 0.426 e. The normalized spacial score (nSPS) is 12.6. The number of benzene rings is 2.